The fourth-order valence-electron chi connectivity index (χ4n) is 3.59. The number of aromatic nitrogens is 2. The molecule has 170 valence electrons. The summed E-state index contributed by atoms with van der Waals surface area (Å²) >= 11 is 0. The molecule has 4 rings (SSSR count). The van der Waals surface area contributed by atoms with Gasteiger partial charge in [0.2, 0.25) is 5.91 Å². The first-order chi connectivity index (χ1) is 16.1. The molecule has 0 saturated carbocycles. The predicted molar refractivity (Wildman–Crippen MR) is 126 cm³/mol. The number of carbonyl (C=O) groups is 1. The normalized spacial score (nSPS) is 11.8. The predicted octanol–water partition coefficient (Wildman–Crippen LogP) is 3.34. The van der Waals surface area contributed by atoms with Crippen LogP contribution < -0.4 is 14.8 Å². The number of hydrogen-bond donors (Lipinski definition) is 2. The van der Waals surface area contributed by atoms with Crippen LogP contribution in [-0.4, -0.2) is 40.4 Å². The third-order valence-corrected chi connectivity index (χ3v) is 5.28. The highest BCUT2D eigenvalue weighted by atomic mass is 16.5. The van der Waals surface area contributed by atoms with Crippen LogP contribution in [0.3, 0.4) is 0 Å². The van der Waals surface area contributed by atoms with E-state index in [1.54, 1.807) is 31.4 Å². The summed E-state index contributed by atoms with van der Waals surface area (Å²) in [4.78, 5) is 17.2. The van der Waals surface area contributed by atoms with E-state index in [1.807, 2.05) is 59.2 Å². The van der Waals surface area contributed by atoms with Crippen LogP contribution in [0.25, 0.3) is 11.0 Å². The van der Waals surface area contributed by atoms with E-state index >= 15 is 0 Å². The molecule has 1 aromatic heterocycles. The van der Waals surface area contributed by atoms with Crippen LogP contribution in [0.5, 0.6) is 11.5 Å². The number of fused-ring (bicyclic) bond motifs is 1. The Labute approximate surface area is 192 Å². The highest BCUT2D eigenvalue weighted by Gasteiger charge is 2.17. The quantitative estimate of drug-likeness (QED) is 0.391. The molecule has 0 saturated heterocycles. The molecule has 1 heterocycles. The first-order valence-electron chi connectivity index (χ1n) is 10.8. The van der Waals surface area contributed by atoms with Gasteiger partial charge in [0.15, 0.2) is 0 Å². The standard InChI is InChI=1S/C26H27N3O4/c1-32-21-11-13-22(14-12-21)33-18-20(30)17-29-24-10-6-5-9-23(24)28-25(29)15-26(31)27-16-19-7-3-2-4-8-19/h2-14,20,30H,15-18H2,1H3,(H,27,31). The first kappa shape index (κ1) is 22.4. The van der Waals surface area contributed by atoms with Gasteiger partial charge in [0, 0.05) is 6.54 Å². The van der Waals surface area contributed by atoms with Gasteiger partial charge in [-0.1, -0.05) is 42.5 Å². The summed E-state index contributed by atoms with van der Waals surface area (Å²) in [7, 11) is 1.61. The lowest BCUT2D eigenvalue weighted by molar-refractivity contribution is -0.120. The summed E-state index contributed by atoms with van der Waals surface area (Å²) in [6.07, 6.45) is -0.663. The monoisotopic (exact) mass is 445 g/mol. The van der Waals surface area contributed by atoms with Crippen molar-refractivity contribution in [1.29, 1.82) is 0 Å². The maximum atomic E-state index is 12.6. The summed E-state index contributed by atoms with van der Waals surface area (Å²) in [6, 6.07) is 24.6. The molecule has 0 aliphatic carbocycles. The zero-order valence-electron chi connectivity index (χ0n) is 18.5. The van der Waals surface area contributed by atoms with Gasteiger partial charge in [0.25, 0.3) is 0 Å². The molecular formula is C26H27N3O4. The molecule has 7 heteroatoms. The average Bonchev–Trinajstić information content (AvgIpc) is 3.19. The summed E-state index contributed by atoms with van der Waals surface area (Å²) in [5.41, 5.74) is 2.68. The minimum absolute atomic E-state index is 0.110. The Kier molecular flexibility index (Phi) is 7.22. The number of nitrogens with one attached hydrogen (secondary N) is 1. The summed E-state index contributed by atoms with van der Waals surface area (Å²) in [5.74, 6) is 1.86. The van der Waals surface area contributed by atoms with Gasteiger partial charge in [-0.05, 0) is 42.0 Å². The van der Waals surface area contributed by atoms with Crippen LogP contribution >= 0.6 is 0 Å². The van der Waals surface area contributed by atoms with Crippen molar-refractivity contribution >= 4 is 16.9 Å². The molecule has 0 radical (unpaired) electrons. The van der Waals surface area contributed by atoms with E-state index in [4.69, 9.17) is 9.47 Å². The second-order valence-electron chi connectivity index (χ2n) is 7.71. The van der Waals surface area contributed by atoms with Crippen molar-refractivity contribution in [3.63, 3.8) is 0 Å². The number of rotatable bonds is 10. The Morgan fingerprint density at radius 3 is 2.45 bits per heavy atom. The topological polar surface area (TPSA) is 85.6 Å². The van der Waals surface area contributed by atoms with Gasteiger partial charge < -0.3 is 24.5 Å². The molecule has 2 N–H and O–H groups in total. The fraction of sp³-hybridized carbons (Fsp3) is 0.231. The van der Waals surface area contributed by atoms with Crippen LogP contribution in [-0.2, 0) is 24.3 Å². The second-order valence-corrected chi connectivity index (χ2v) is 7.71. The number of aliphatic hydroxyl groups excluding tert-OH is 1. The summed E-state index contributed by atoms with van der Waals surface area (Å²) in [6.45, 7) is 0.828. The fourth-order valence-corrected chi connectivity index (χ4v) is 3.59. The molecule has 1 atom stereocenters. The number of benzene rings is 3. The van der Waals surface area contributed by atoms with Crippen molar-refractivity contribution < 1.29 is 19.4 Å². The van der Waals surface area contributed by atoms with E-state index in [9.17, 15) is 9.90 Å². The Morgan fingerprint density at radius 1 is 1.00 bits per heavy atom. The molecule has 0 fully saturated rings. The van der Waals surface area contributed by atoms with Gasteiger partial charge in [0.1, 0.15) is 30.0 Å². The molecule has 1 amide bonds. The number of ether oxygens (including phenoxy) is 2. The average molecular weight is 446 g/mol. The number of imidazole rings is 1. The van der Waals surface area contributed by atoms with Gasteiger partial charge in [-0.2, -0.15) is 0 Å². The van der Waals surface area contributed by atoms with Crippen molar-refractivity contribution in [2.24, 2.45) is 0 Å². The largest absolute Gasteiger partial charge is 0.497 e. The molecule has 4 aromatic rings. The van der Waals surface area contributed by atoms with Crippen molar-refractivity contribution in [2.75, 3.05) is 13.7 Å². The molecule has 7 nitrogen and oxygen atoms in total. The molecule has 0 spiro atoms. The van der Waals surface area contributed by atoms with Gasteiger partial charge in [-0.15, -0.1) is 0 Å². The molecule has 0 aliphatic rings. The second kappa shape index (κ2) is 10.7. The number of methoxy groups -OCH3 is 1. The zero-order valence-corrected chi connectivity index (χ0v) is 18.5. The molecule has 0 bridgehead atoms. The van der Waals surface area contributed by atoms with E-state index in [0.29, 0.717) is 18.1 Å². The van der Waals surface area contributed by atoms with Crippen LogP contribution in [0.15, 0.2) is 78.9 Å². The lowest BCUT2D eigenvalue weighted by Gasteiger charge is -2.16. The molecule has 33 heavy (non-hydrogen) atoms. The Bertz CT molecular complexity index is 1190. The van der Waals surface area contributed by atoms with Gasteiger partial charge in [-0.3, -0.25) is 4.79 Å². The SMILES string of the molecule is COc1ccc(OCC(O)Cn2c(CC(=O)NCc3ccccc3)nc3ccccc32)cc1. The van der Waals surface area contributed by atoms with Crippen molar-refractivity contribution in [2.45, 2.75) is 25.6 Å². The van der Waals surface area contributed by atoms with Gasteiger partial charge in [-0.25, -0.2) is 4.98 Å². The zero-order chi connectivity index (χ0) is 23.0. The Balaban J connectivity index is 1.42. The number of amides is 1. The minimum Gasteiger partial charge on any atom is -0.497 e. The van der Waals surface area contributed by atoms with E-state index in [-0.39, 0.29) is 25.5 Å². The maximum absolute atomic E-state index is 12.6. The van der Waals surface area contributed by atoms with Crippen LogP contribution in [0.2, 0.25) is 0 Å². The first-order valence-corrected chi connectivity index (χ1v) is 10.8. The molecule has 3 aromatic carbocycles. The summed E-state index contributed by atoms with van der Waals surface area (Å²) < 4.78 is 12.8. The van der Waals surface area contributed by atoms with Crippen LogP contribution in [0.4, 0.5) is 0 Å². The molecule has 0 aliphatic heterocycles. The van der Waals surface area contributed by atoms with E-state index in [1.165, 1.54) is 0 Å². The van der Waals surface area contributed by atoms with Gasteiger partial charge >= 0.3 is 0 Å². The van der Waals surface area contributed by atoms with E-state index in [0.717, 1.165) is 22.3 Å². The molecule has 1 unspecified atom stereocenters. The number of carbonyl (C=O) groups excluding carboxylic acids is 1. The third kappa shape index (κ3) is 5.90. The number of hydrogen-bond acceptors (Lipinski definition) is 5. The minimum atomic E-state index is -0.782. The van der Waals surface area contributed by atoms with E-state index < -0.39 is 6.10 Å². The highest BCUT2D eigenvalue weighted by molar-refractivity contribution is 5.81. The lowest BCUT2D eigenvalue weighted by Crippen LogP contribution is -2.28. The smallest absolute Gasteiger partial charge is 0.227 e. The van der Waals surface area contributed by atoms with Crippen LogP contribution in [0, 0.1) is 0 Å². The molecular weight excluding hydrogens is 418 g/mol. The number of para-hydroxylation sites is 2. The lowest BCUT2D eigenvalue weighted by atomic mass is 10.2. The van der Waals surface area contributed by atoms with Crippen LogP contribution in [0.1, 0.15) is 11.4 Å². The Morgan fingerprint density at radius 2 is 1.70 bits per heavy atom. The van der Waals surface area contributed by atoms with Crippen molar-refractivity contribution in [1.82, 2.24) is 14.9 Å². The number of aliphatic hydroxyl groups is 1. The van der Waals surface area contributed by atoms with Crippen molar-refractivity contribution in [3.8, 4) is 11.5 Å². The highest BCUT2D eigenvalue weighted by Crippen LogP contribution is 2.19. The maximum Gasteiger partial charge on any atom is 0.227 e. The number of nitrogens with zero attached hydrogens (tertiary/aromatic N) is 2. The van der Waals surface area contributed by atoms with E-state index in [2.05, 4.69) is 10.3 Å². The Hall–Kier alpha value is -3.84. The summed E-state index contributed by atoms with van der Waals surface area (Å²) in [5, 5.41) is 13.6. The van der Waals surface area contributed by atoms with Crippen molar-refractivity contribution in [3.05, 3.63) is 90.3 Å². The third-order valence-electron chi connectivity index (χ3n) is 5.28. The van der Waals surface area contributed by atoms with Gasteiger partial charge in [0.05, 0.1) is 31.1 Å².